The zero-order valence-corrected chi connectivity index (χ0v) is 11.2. The molecule has 0 saturated carbocycles. The van der Waals surface area contributed by atoms with Crippen LogP contribution in [0.25, 0.3) is 0 Å². The van der Waals surface area contributed by atoms with E-state index in [0.29, 0.717) is 12.5 Å². The molecule has 1 aromatic rings. The molecule has 88 valence electrons. The molecule has 0 aromatic carbocycles. The van der Waals surface area contributed by atoms with Gasteiger partial charge in [0.2, 0.25) is 11.9 Å². The Kier molecular flexibility index (Phi) is 4.67. The summed E-state index contributed by atoms with van der Waals surface area (Å²) in [4.78, 5) is 21.5. The van der Waals surface area contributed by atoms with Crippen LogP contribution in [0.1, 0.15) is 13.8 Å². The summed E-state index contributed by atoms with van der Waals surface area (Å²) in [6.45, 7) is 4.41. The Bertz CT molecular complexity index is 354. The summed E-state index contributed by atoms with van der Waals surface area (Å²) in [6.07, 6.45) is 3.27. The van der Waals surface area contributed by atoms with Crippen LogP contribution < -0.4 is 5.32 Å². The number of carbonyl (C=O) groups excluding carboxylic acids is 1. The molecule has 0 bridgehead atoms. The van der Waals surface area contributed by atoms with E-state index in [2.05, 4.69) is 31.2 Å². The highest BCUT2D eigenvalue weighted by Crippen LogP contribution is 2.08. The van der Waals surface area contributed by atoms with Gasteiger partial charge >= 0.3 is 0 Å². The van der Waals surface area contributed by atoms with E-state index in [9.17, 15) is 4.79 Å². The highest BCUT2D eigenvalue weighted by molar-refractivity contribution is 9.10. The Morgan fingerprint density at radius 3 is 2.62 bits per heavy atom. The third kappa shape index (κ3) is 3.44. The van der Waals surface area contributed by atoms with E-state index < -0.39 is 0 Å². The van der Waals surface area contributed by atoms with Crippen LogP contribution in [-0.2, 0) is 4.79 Å². The summed E-state index contributed by atoms with van der Waals surface area (Å²) in [5, 5.41) is 2.95. The third-order valence-corrected chi connectivity index (χ3v) is 2.60. The Morgan fingerprint density at radius 1 is 1.56 bits per heavy atom. The molecule has 0 aliphatic rings. The Labute approximate surface area is 103 Å². The van der Waals surface area contributed by atoms with E-state index in [1.165, 1.54) is 0 Å². The molecule has 1 aromatic heterocycles. The number of nitrogens with one attached hydrogen (secondary N) is 1. The van der Waals surface area contributed by atoms with Crippen LogP contribution >= 0.6 is 15.9 Å². The molecule has 0 aliphatic carbocycles. The molecule has 1 N–H and O–H groups in total. The van der Waals surface area contributed by atoms with Crippen molar-refractivity contribution in [2.45, 2.75) is 19.9 Å². The summed E-state index contributed by atoms with van der Waals surface area (Å²) >= 11 is 3.25. The van der Waals surface area contributed by atoms with E-state index in [4.69, 9.17) is 0 Å². The molecular weight excluding hydrogens is 272 g/mol. The molecule has 1 heterocycles. The summed E-state index contributed by atoms with van der Waals surface area (Å²) in [5.74, 6) is 0.475. The van der Waals surface area contributed by atoms with Gasteiger partial charge in [0.25, 0.3) is 0 Å². The second-order valence-corrected chi connectivity index (χ2v) is 4.36. The predicted octanol–water partition coefficient (Wildman–Crippen LogP) is 1.52. The van der Waals surface area contributed by atoms with Gasteiger partial charge < -0.3 is 10.2 Å². The molecule has 0 radical (unpaired) electrons. The quantitative estimate of drug-likeness (QED) is 0.912. The molecule has 16 heavy (non-hydrogen) atoms. The van der Waals surface area contributed by atoms with Gasteiger partial charge in [0.05, 0.1) is 4.47 Å². The van der Waals surface area contributed by atoms with E-state index in [-0.39, 0.29) is 11.9 Å². The number of amides is 1. The number of hydrogen-bond donors (Lipinski definition) is 1. The smallest absolute Gasteiger partial charge is 0.244 e. The second-order valence-electron chi connectivity index (χ2n) is 3.44. The summed E-state index contributed by atoms with van der Waals surface area (Å²) in [6, 6.07) is -0.328. The lowest BCUT2D eigenvalue weighted by Crippen LogP contribution is -2.39. The first-order valence-electron chi connectivity index (χ1n) is 5.03. The van der Waals surface area contributed by atoms with Crippen LogP contribution in [0.3, 0.4) is 0 Å². The fourth-order valence-electron chi connectivity index (χ4n) is 1.13. The molecule has 1 amide bonds. The van der Waals surface area contributed by atoms with Crippen LogP contribution in [-0.4, -0.2) is 40.4 Å². The molecule has 1 rings (SSSR count). The number of rotatable bonds is 4. The van der Waals surface area contributed by atoms with Crippen molar-refractivity contribution in [1.29, 1.82) is 0 Å². The molecule has 5 nitrogen and oxygen atoms in total. The molecule has 0 spiro atoms. The van der Waals surface area contributed by atoms with Gasteiger partial charge in [-0.25, -0.2) is 9.97 Å². The number of hydrogen-bond acceptors (Lipinski definition) is 4. The van der Waals surface area contributed by atoms with Crippen molar-refractivity contribution in [1.82, 2.24) is 14.9 Å². The monoisotopic (exact) mass is 286 g/mol. The van der Waals surface area contributed by atoms with Crippen LogP contribution in [0.2, 0.25) is 0 Å². The zero-order chi connectivity index (χ0) is 12.1. The van der Waals surface area contributed by atoms with Gasteiger partial charge in [-0.05, 0) is 29.8 Å². The third-order valence-electron chi connectivity index (χ3n) is 2.19. The number of aromatic nitrogens is 2. The lowest BCUT2D eigenvalue weighted by atomic mass is 10.3. The van der Waals surface area contributed by atoms with Crippen LogP contribution in [0.5, 0.6) is 0 Å². The molecule has 6 heteroatoms. The lowest BCUT2D eigenvalue weighted by molar-refractivity contribution is -0.130. The standard InChI is InChI=1S/C10H15BrN4O/c1-4-15(3)9(16)7(2)14-10-12-5-8(11)6-13-10/h5-7H,4H2,1-3H3,(H,12,13,14). The highest BCUT2D eigenvalue weighted by atomic mass is 79.9. The van der Waals surface area contributed by atoms with Gasteiger partial charge in [0, 0.05) is 26.0 Å². The van der Waals surface area contributed by atoms with Gasteiger partial charge in [-0.2, -0.15) is 0 Å². The molecule has 0 aliphatic heterocycles. The van der Waals surface area contributed by atoms with E-state index >= 15 is 0 Å². The van der Waals surface area contributed by atoms with Gasteiger partial charge in [-0.1, -0.05) is 0 Å². The first-order valence-corrected chi connectivity index (χ1v) is 5.83. The van der Waals surface area contributed by atoms with Crippen molar-refractivity contribution in [2.24, 2.45) is 0 Å². The van der Waals surface area contributed by atoms with Crippen LogP contribution in [0, 0.1) is 0 Å². The molecule has 1 atom stereocenters. The average Bonchev–Trinajstić information content (AvgIpc) is 2.30. The Morgan fingerprint density at radius 2 is 2.12 bits per heavy atom. The molecule has 0 fully saturated rings. The van der Waals surface area contributed by atoms with Crippen molar-refractivity contribution in [3.8, 4) is 0 Å². The van der Waals surface area contributed by atoms with E-state index in [1.54, 1.807) is 31.3 Å². The van der Waals surface area contributed by atoms with Crippen molar-refractivity contribution in [3.63, 3.8) is 0 Å². The number of nitrogens with zero attached hydrogens (tertiary/aromatic N) is 3. The molecule has 1 unspecified atom stereocenters. The van der Waals surface area contributed by atoms with Crippen molar-refractivity contribution < 1.29 is 4.79 Å². The topological polar surface area (TPSA) is 58.1 Å². The maximum atomic E-state index is 11.7. The van der Waals surface area contributed by atoms with E-state index in [1.807, 2.05) is 6.92 Å². The molecular formula is C10H15BrN4O. The van der Waals surface area contributed by atoms with Gasteiger partial charge in [-0.15, -0.1) is 0 Å². The zero-order valence-electron chi connectivity index (χ0n) is 9.57. The van der Waals surface area contributed by atoms with Gasteiger partial charge in [-0.3, -0.25) is 4.79 Å². The Hall–Kier alpha value is -1.17. The van der Waals surface area contributed by atoms with Crippen molar-refractivity contribution in [3.05, 3.63) is 16.9 Å². The minimum Gasteiger partial charge on any atom is -0.344 e. The molecule has 0 saturated heterocycles. The first kappa shape index (κ1) is 12.9. The maximum Gasteiger partial charge on any atom is 0.244 e. The summed E-state index contributed by atoms with van der Waals surface area (Å²) in [5.41, 5.74) is 0. The van der Waals surface area contributed by atoms with Crippen LogP contribution in [0.15, 0.2) is 16.9 Å². The first-order chi connectivity index (χ1) is 7.54. The normalized spacial score (nSPS) is 12.0. The number of anilines is 1. The minimum absolute atomic E-state index is 0.0222. The predicted molar refractivity (Wildman–Crippen MR) is 66.1 cm³/mol. The minimum atomic E-state index is -0.328. The SMILES string of the molecule is CCN(C)C(=O)C(C)Nc1ncc(Br)cn1. The summed E-state index contributed by atoms with van der Waals surface area (Å²) < 4.78 is 0.808. The van der Waals surface area contributed by atoms with Gasteiger partial charge in [0.15, 0.2) is 0 Å². The number of likely N-dealkylation sites (N-methyl/N-ethyl adjacent to an activating group) is 1. The van der Waals surface area contributed by atoms with Gasteiger partial charge in [0.1, 0.15) is 6.04 Å². The fourth-order valence-corrected chi connectivity index (χ4v) is 1.33. The van der Waals surface area contributed by atoms with E-state index in [0.717, 1.165) is 4.47 Å². The highest BCUT2D eigenvalue weighted by Gasteiger charge is 2.16. The lowest BCUT2D eigenvalue weighted by Gasteiger charge is -2.20. The summed E-state index contributed by atoms with van der Waals surface area (Å²) in [7, 11) is 1.77. The average molecular weight is 287 g/mol. The number of carbonyl (C=O) groups is 1. The fraction of sp³-hybridized carbons (Fsp3) is 0.500. The van der Waals surface area contributed by atoms with Crippen LogP contribution in [0.4, 0.5) is 5.95 Å². The second kappa shape index (κ2) is 5.79. The Balaban J connectivity index is 2.60. The van der Waals surface area contributed by atoms with Crippen molar-refractivity contribution in [2.75, 3.05) is 18.9 Å². The maximum absolute atomic E-state index is 11.7. The van der Waals surface area contributed by atoms with Crippen molar-refractivity contribution >= 4 is 27.8 Å². The largest absolute Gasteiger partial charge is 0.344 e. The number of halogens is 1.